The molecule has 0 saturated heterocycles. The van der Waals surface area contributed by atoms with Gasteiger partial charge in [-0.3, -0.25) is 24.5 Å². The first-order chi connectivity index (χ1) is 17.0. The van der Waals surface area contributed by atoms with E-state index in [0.29, 0.717) is 11.1 Å². The zero-order valence-corrected chi connectivity index (χ0v) is 19.9. The third kappa shape index (κ3) is 7.86. The Morgan fingerprint density at radius 2 is 1.58 bits per heavy atom. The molecule has 2 amide bonds. The van der Waals surface area contributed by atoms with Crippen LogP contribution in [0.25, 0.3) is 0 Å². The third-order valence-electron chi connectivity index (χ3n) is 5.35. The fourth-order valence-electron chi connectivity index (χ4n) is 3.55. The van der Waals surface area contributed by atoms with Gasteiger partial charge in [-0.25, -0.2) is 9.18 Å². The quantitative estimate of drug-likeness (QED) is 0.267. The predicted octanol–water partition coefficient (Wildman–Crippen LogP) is 1.79. The largest absolute Gasteiger partial charge is 0.469 e. The lowest BCUT2D eigenvalue weighted by Gasteiger charge is -2.28. The van der Waals surface area contributed by atoms with E-state index < -0.39 is 52.5 Å². The summed E-state index contributed by atoms with van der Waals surface area (Å²) in [5.41, 5.74) is 0.664. The van der Waals surface area contributed by atoms with Crippen LogP contribution in [-0.2, 0) is 35.1 Å². The van der Waals surface area contributed by atoms with Crippen LogP contribution in [0.4, 0.5) is 10.1 Å². The van der Waals surface area contributed by atoms with Gasteiger partial charge in [-0.2, -0.15) is 0 Å². The fourth-order valence-corrected chi connectivity index (χ4v) is 3.55. The summed E-state index contributed by atoms with van der Waals surface area (Å²) < 4.78 is 22.8. The summed E-state index contributed by atoms with van der Waals surface area (Å²) in [5.74, 6) is -4.36. The van der Waals surface area contributed by atoms with Crippen LogP contribution in [0.1, 0.15) is 30.4 Å². The topological polar surface area (TPSA) is 154 Å². The molecule has 2 N–H and O–H groups in total. The molecule has 0 aliphatic rings. The van der Waals surface area contributed by atoms with Crippen LogP contribution in [0.3, 0.4) is 0 Å². The summed E-state index contributed by atoms with van der Waals surface area (Å²) in [7, 11) is 2.24. The molecule has 36 heavy (non-hydrogen) atoms. The Bertz CT molecular complexity index is 1110. The van der Waals surface area contributed by atoms with Gasteiger partial charge >= 0.3 is 11.9 Å². The molecular formula is C24H26FN3O8. The van der Waals surface area contributed by atoms with Crippen molar-refractivity contribution < 1.29 is 38.0 Å². The van der Waals surface area contributed by atoms with Crippen molar-refractivity contribution in [2.45, 2.75) is 37.8 Å². The van der Waals surface area contributed by atoms with E-state index in [1.54, 1.807) is 0 Å². The molecule has 192 valence electrons. The van der Waals surface area contributed by atoms with E-state index in [1.807, 2.05) is 0 Å². The van der Waals surface area contributed by atoms with Crippen LogP contribution < -0.4 is 10.6 Å². The molecule has 0 aliphatic heterocycles. The summed E-state index contributed by atoms with van der Waals surface area (Å²) in [6.07, 6.45) is -0.379. The number of nitrogens with zero attached hydrogens (tertiary/aromatic N) is 1. The molecule has 11 nitrogen and oxygen atoms in total. The maximum absolute atomic E-state index is 13.3. The molecule has 2 aromatic carbocycles. The molecule has 2 aromatic rings. The Morgan fingerprint density at radius 3 is 2.08 bits per heavy atom. The van der Waals surface area contributed by atoms with Crippen LogP contribution in [-0.4, -0.2) is 55.0 Å². The zero-order valence-electron chi connectivity index (χ0n) is 19.9. The molecular weight excluding hydrogens is 477 g/mol. The van der Waals surface area contributed by atoms with Crippen LogP contribution >= 0.6 is 0 Å². The number of hydrogen-bond donors (Lipinski definition) is 2. The van der Waals surface area contributed by atoms with Crippen LogP contribution in [0.2, 0.25) is 0 Å². The lowest BCUT2D eigenvalue weighted by atomic mass is 9.87. The number of nitro benzene ring substituents is 1. The number of nitro groups is 1. The predicted molar refractivity (Wildman–Crippen MR) is 124 cm³/mol. The highest BCUT2D eigenvalue weighted by Gasteiger charge is 2.36. The van der Waals surface area contributed by atoms with Crippen molar-refractivity contribution >= 4 is 29.4 Å². The molecule has 12 heteroatoms. The Kier molecular flexibility index (Phi) is 10.0. The van der Waals surface area contributed by atoms with Gasteiger partial charge in [0, 0.05) is 31.4 Å². The van der Waals surface area contributed by atoms with Crippen molar-refractivity contribution in [1.29, 1.82) is 0 Å². The van der Waals surface area contributed by atoms with Crippen LogP contribution in [0.15, 0.2) is 48.5 Å². The number of carbonyl (C=O) groups is 4. The van der Waals surface area contributed by atoms with Crippen LogP contribution in [0.5, 0.6) is 0 Å². The molecule has 2 rings (SSSR count). The Balaban J connectivity index is 2.40. The van der Waals surface area contributed by atoms with Crippen molar-refractivity contribution in [1.82, 2.24) is 10.6 Å². The van der Waals surface area contributed by atoms with Gasteiger partial charge in [-0.1, -0.05) is 24.3 Å². The van der Waals surface area contributed by atoms with Crippen molar-refractivity contribution in [3.63, 3.8) is 0 Å². The lowest BCUT2D eigenvalue weighted by Crippen LogP contribution is -2.54. The number of esters is 2. The van der Waals surface area contributed by atoms with Gasteiger partial charge in [-0.15, -0.1) is 0 Å². The van der Waals surface area contributed by atoms with Crippen molar-refractivity contribution in [3.8, 4) is 0 Å². The number of benzene rings is 2. The number of rotatable bonds is 11. The van der Waals surface area contributed by atoms with Gasteiger partial charge in [0.05, 0.1) is 25.6 Å². The number of methoxy groups -OCH3 is 2. The Labute approximate surface area is 206 Å². The van der Waals surface area contributed by atoms with Gasteiger partial charge in [-0.05, 0) is 23.3 Å². The maximum Gasteiger partial charge on any atom is 0.329 e. The first kappa shape index (κ1) is 27.9. The summed E-state index contributed by atoms with van der Waals surface area (Å²) in [6.45, 7) is 1.21. The first-order valence-electron chi connectivity index (χ1n) is 10.8. The van der Waals surface area contributed by atoms with E-state index >= 15 is 0 Å². The van der Waals surface area contributed by atoms with E-state index in [4.69, 9.17) is 9.47 Å². The van der Waals surface area contributed by atoms with Gasteiger partial charge in [0.15, 0.2) is 0 Å². The second-order valence-corrected chi connectivity index (χ2v) is 7.83. The summed E-state index contributed by atoms with van der Waals surface area (Å²) in [4.78, 5) is 60.2. The molecule has 0 saturated carbocycles. The molecule has 0 spiro atoms. The average molecular weight is 503 g/mol. The minimum Gasteiger partial charge on any atom is -0.469 e. The summed E-state index contributed by atoms with van der Waals surface area (Å²) in [5, 5.41) is 16.0. The van der Waals surface area contributed by atoms with E-state index in [-0.39, 0.29) is 18.5 Å². The molecule has 0 heterocycles. The summed E-state index contributed by atoms with van der Waals surface area (Å²) >= 11 is 0. The monoisotopic (exact) mass is 503 g/mol. The lowest BCUT2D eigenvalue weighted by molar-refractivity contribution is -0.384. The van der Waals surface area contributed by atoms with E-state index in [9.17, 15) is 33.7 Å². The van der Waals surface area contributed by atoms with E-state index in [0.717, 1.165) is 14.2 Å². The standard InChI is InChI=1S/C24H26FN3O8/c1-14(29)26-20(12-15-4-8-17(25)9-5-15)23(31)27-22(24(32)36-3)19(13-21(30)35-2)16-6-10-18(11-7-16)28(33)34/h4-11,19-20,22H,12-13H2,1-3H3,(H,26,29)(H,27,31)/t19-,20+,22-/m0/s1. The van der Waals surface area contributed by atoms with Crippen molar-refractivity contribution in [3.05, 3.63) is 75.6 Å². The van der Waals surface area contributed by atoms with Crippen molar-refractivity contribution in [2.75, 3.05) is 14.2 Å². The van der Waals surface area contributed by atoms with E-state index in [2.05, 4.69) is 10.6 Å². The first-order valence-corrected chi connectivity index (χ1v) is 10.8. The highest BCUT2D eigenvalue weighted by atomic mass is 19.1. The maximum atomic E-state index is 13.3. The highest BCUT2D eigenvalue weighted by molar-refractivity contribution is 5.91. The second-order valence-electron chi connectivity index (χ2n) is 7.83. The zero-order chi connectivity index (χ0) is 26.8. The third-order valence-corrected chi connectivity index (χ3v) is 5.35. The van der Waals surface area contributed by atoms with Gasteiger partial charge in [0.25, 0.3) is 5.69 Å². The molecule has 0 fully saturated rings. The number of non-ortho nitro benzene ring substituents is 1. The number of nitrogens with one attached hydrogen (secondary N) is 2. The minimum atomic E-state index is -1.41. The summed E-state index contributed by atoms with van der Waals surface area (Å²) in [6, 6.07) is 7.87. The molecule has 0 unspecified atom stereocenters. The Hall–Kier alpha value is -4.35. The van der Waals surface area contributed by atoms with Crippen LogP contribution in [0, 0.1) is 15.9 Å². The smallest absolute Gasteiger partial charge is 0.329 e. The SMILES string of the molecule is COC(=O)C[C@@H](c1ccc([N+](=O)[O-])cc1)[C@H](NC(=O)[C@@H](Cc1ccc(F)cc1)NC(C)=O)C(=O)OC. The second kappa shape index (κ2) is 12.9. The van der Waals surface area contributed by atoms with Gasteiger partial charge in [0.1, 0.15) is 17.9 Å². The molecule has 0 bridgehead atoms. The fraction of sp³-hybridized carbons (Fsp3) is 0.333. The molecule has 0 aromatic heterocycles. The van der Waals surface area contributed by atoms with Gasteiger partial charge < -0.3 is 20.1 Å². The number of halogens is 1. The number of amides is 2. The minimum absolute atomic E-state index is 0.0151. The molecule has 3 atom stereocenters. The highest BCUT2D eigenvalue weighted by Crippen LogP contribution is 2.27. The van der Waals surface area contributed by atoms with Gasteiger partial charge in [0.2, 0.25) is 11.8 Å². The molecule has 0 aliphatic carbocycles. The Morgan fingerprint density at radius 1 is 0.972 bits per heavy atom. The normalized spacial score (nSPS) is 13.0. The number of carbonyl (C=O) groups excluding carboxylic acids is 4. The van der Waals surface area contributed by atoms with E-state index in [1.165, 1.54) is 55.5 Å². The number of ether oxygens (including phenoxy) is 2. The number of hydrogen-bond acceptors (Lipinski definition) is 8. The molecule has 0 radical (unpaired) electrons. The average Bonchev–Trinajstić information content (AvgIpc) is 2.86. The van der Waals surface area contributed by atoms with Crippen molar-refractivity contribution in [2.24, 2.45) is 0 Å².